The zero-order valence-electron chi connectivity index (χ0n) is 14.0. The van der Waals surface area contributed by atoms with Crippen LogP contribution >= 0.6 is 0 Å². The van der Waals surface area contributed by atoms with Gasteiger partial charge in [0.1, 0.15) is 0 Å². The van der Waals surface area contributed by atoms with Gasteiger partial charge in [-0.25, -0.2) is 0 Å². The highest BCUT2D eigenvalue weighted by Gasteiger charge is 2.27. The number of carbonyl (C=O) groups is 1. The van der Waals surface area contributed by atoms with Gasteiger partial charge in [-0.3, -0.25) is 4.79 Å². The molecule has 1 amide bonds. The molecule has 2 aliphatic rings. The SMILES string of the molecule is C[C@H]1C=C(C(=O)NCC2CC2)O[C@@H](OCc2ccc(CO)cc2)C1. The number of rotatable bonds is 7. The van der Waals surface area contributed by atoms with Crippen molar-refractivity contribution in [2.24, 2.45) is 11.8 Å². The molecule has 2 N–H and O–H groups in total. The molecule has 1 fully saturated rings. The summed E-state index contributed by atoms with van der Waals surface area (Å²) < 4.78 is 11.6. The van der Waals surface area contributed by atoms with Crippen LogP contribution in [-0.4, -0.2) is 23.8 Å². The van der Waals surface area contributed by atoms with Crippen LogP contribution in [0.3, 0.4) is 0 Å². The smallest absolute Gasteiger partial charge is 0.286 e. The molecule has 0 spiro atoms. The Labute approximate surface area is 142 Å². The van der Waals surface area contributed by atoms with Gasteiger partial charge in [0, 0.05) is 13.0 Å². The van der Waals surface area contributed by atoms with Gasteiger partial charge >= 0.3 is 0 Å². The highest BCUT2D eigenvalue weighted by molar-refractivity contribution is 5.91. The largest absolute Gasteiger partial charge is 0.459 e. The average molecular weight is 331 g/mol. The van der Waals surface area contributed by atoms with Gasteiger partial charge in [-0.1, -0.05) is 31.2 Å². The van der Waals surface area contributed by atoms with E-state index in [0.29, 0.717) is 18.3 Å². The number of aliphatic hydroxyl groups is 1. The van der Waals surface area contributed by atoms with Crippen molar-refractivity contribution in [1.82, 2.24) is 5.32 Å². The molecule has 1 aromatic rings. The second kappa shape index (κ2) is 7.81. The number of allylic oxidation sites excluding steroid dienone is 1. The number of carbonyl (C=O) groups excluding carboxylic acids is 1. The third-order valence-electron chi connectivity index (χ3n) is 4.37. The fraction of sp³-hybridized carbons (Fsp3) is 0.526. The molecule has 5 nitrogen and oxygen atoms in total. The van der Waals surface area contributed by atoms with Crippen molar-refractivity contribution < 1.29 is 19.4 Å². The summed E-state index contributed by atoms with van der Waals surface area (Å²) in [6.07, 6.45) is 4.60. The molecule has 1 aliphatic heterocycles. The normalized spacial score (nSPS) is 23.3. The van der Waals surface area contributed by atoms with Crippen LogP contribution in [0.1, 0.15) is 37.3 Å². The number of nitrogens with one attached hydrogen (secondary N) is 1. The minimum absolute atomic E-state index is 0.0362. The van der Waals surface area contributed by atoms with Gasteiger partial charge in [-0.05, 0) is 41.9 Å². The summed E-state index contributed by atoms with van der Waals surface area (Å²) in [7, 11) is 0. The summed E-state index contributed by atoms with van der Waals surface area (Å²) in [5.41, 5.74) is 1.89. The number of benzene rings is 1. The van der Waals surface area contributed by atoms with Crippen molar-refractivity contribution in [3.63, 3.8) is 0 Å². The molecule has 130 valence electrons. The first-order valence-electron chi connectivity index (χ1n) is 8.61. The maximum absolute atomic E-state index is 12.2. The van der Waals surface area contributed by atoms with Gasteiger partial charge in [-0.2, -0.15) is 0 Å². The molecule has 1 saturated carbocycles. The number of hydrogen-bond donors (Lipinski definition) is 2. The summed E-state index contributed by atoms with van der Waals surface area (Å²) in [5.74, 6) is 1.11. The lowest BCUT2D eigenvalue weighted by Crippen LogP contribution is -2.33. The molecule has 0 bridgehead atoms. The highest BCUT2D eigenvalue weighted by atomic mass is 16.7. The van der Waals surface area contributed by atoms with E-state index in [1.54, 1.807) is 0 Å². The van der Waals surface area contributed by atoms with Crippen molar-refractivity contribution >= 4 is 5.91 Å². The molecule has 1 aliphatic carbocycles. The summed E-state index contributed by atoms with van der Waals surface area (Å²) in [6, 6.07) is 7.60. The van der Waals surface area contributed by atoms with E-state index in [4.69, 9.17) is 14.6 Å². The molecule has 2 atom stereocenters. The van der Waals surface area contributed by atoms with E-state index < -0.39 is 6.29 Å². The average Bonchev–Trinajstić information content (AvgIpc) is 3.42. The van der Waals surface area contributed by atoms with E-state index in [2.05, 4.69) is 12.2 Å². The lowest BCUT2D eigenvalue weighted by molar-refractivity contribution is -0.152. The lowest BCUT2D eigenvalue weighted by atomic mass is 10.0. The Morgan fingerprint density at radius 3 is 2.67 bits per heavy atom. The monoisotopic (exact) mass is 331 g/mol. The van der Waals surface area contributed by atoms with Crippen molar-refractivity contribution in [1.29, 1.82) is 0 Å². The molecule has 0 radical (unpaired) electrons. The standard InChI is InChI=1S/C19H25NO4/c1-13-8-17(19(22)20-10-14-2-3-14)24-18(9-13)23-12-16-6-4-15(11-21)5-7-16/h4-8,13-14,18,21H,2-3,9-12H2,1H3,(H,20,22)/t13-,18+/m0/s1. The van der Waals surface area contributed by atoms with Gasteiger partial charge in [0.15, 0.2) is 5.76 Å². The van der Waals surface area contributed by atoms with E-state index in [1.165, 1.54) is 12.8 Å². The topological polar surface area (TPSA) is 67.8 Å². The molecule has 24 heavy (non-hydrogen) atoms. The fourth-order valence-corrected chi connectivity index (χ4v) is 2.67. The van der Waals surface area contributed by atoms with Crippen molar-refractivity contribution in [3.8, 4) is 0 Å². The highest BCUT2D eigenvalue weighted by Crippen LogP contribution is 2.28. The summed E-state index contributed by atoms with van der Waals surface area (Å²) >= 11 is 0. The third-order valence-corrected chi connectivity index (χ3v) is 4.37. The molecule has 0 saturated heterocycles. The van der Waals surface area contributed by atoms with Crippen LogP contribution in [0.25, 0.3) is 0 Å². The minimum Gasteiger partial charge on any atom is -0.459 e. The molecule has 1 heterocycles. The Bertz CT molecular complexity index is 592. The van der Waals surface area contributed by atoms with Crippen LogP contribution in [-0.2, 0) is 27.5 Å². The van der Waals surface area contributed by atoms with E-state index in [0.717, 1.165) is 24.1 Å². The summed E-state index contributed by atoms with van der Waals surface area (Å²) in [4.78, 5) is 12.2. The van der Waals surface area contributed by atoms with Gasteiger partial charge in [0.2, 0.25) is 6.29 Å². The number of hydrogen-bond acceptors (Lipinski definition) is 4. The first-order chi connectivity index (χ1) is 11.6. The van der Waals surface area contributed by atoms with Crippen LogP contribution in [0, 0.1) is 11.8 Å². The molecule has 0 unspecified atom stereocenters. The maximum Gasteiger partial charge on any atom is 0.286 e. The number of amides is 1. The molecule has 5 heteroatoms. The quantitative estimate of drug-likeness (QED) is 0.805. The van der Waals surface area contributed by atoms with Crippen LogP contribution < -0.4 is 5.32 Å². The van der Waals surface area contributed by atoms with Crippen molar-refractivity contribution in [2.75, 3.05) is 6.54 Å². The van der Waals surface area contributed by atoms with Gasteiger partial charge in [0.25, 0.3) is 5.91 Å². The van der Waals surface area contributed by atoms with Crippen LogP contribution in [0.2, 0.25) is 0 Å². The Morgan fingerprint density at radius 1 is 1.29 bits per heavy atom. The first kappa shape index (κ1) is 17.0. The summed E-state index contributed by atoms with van der Waals surface area (Å²) in [5, 5.41) is 12.0. The van der Waals surface area contributed by atoms with E-state index in [1.807, 2.05) is 30.3 Å². The molecular formula is C19H25NO4. The van der Waals surface area contributed by atoms with E-state index >= 15 is 0 Å². The maximum atomic E-state index is 12.2. The van der Waals surface area contributed by atoms with Crippen molar-refractivity contribution in [3.05, 3.63) is 47.2 Å². The molecule has 3 rings (SSSR count). The van der Waals surface area contributed by atoms with Crippen LogP contribution in [0.4, 0.5) is 0 Å². The van der Waals surface area contributed by atoms with Crippen LogP contribution in [0.5, 0.6) is 0 Å². The Hall–Kier alpha value is -1.85. The molecule has 0 aromatic heterocycles. The Morgan fingerprint density at radius 2 is 2.00 bits per heavy atom. The molecule has 1 aromatic carbocycles. The van der Waals surface area contributed by atoms with Crippen molar-refractivity contribution in [2.45, 2.75) is 45.7 Å². The second-order valence-corrected chi connectivity index (χ2v) is 6.73. The fourth-order valence-electron chi connectivity index (χ4n) is 2.67. The Balaban J connectivity index is 1.50. The van der Waals surface area contributed by atoms with Gasteiger partial charge in [-0.15, -0.1) is 0 Å². The molecular weight excluding hydrogens is 306 g/mol. The zero-order valence-corrected chi connectivity index (χ0v) is 14.0. The zero-order chi connectivity index (χ0) is 16.9. The predicted molar refractivity (Wildman–Crippen MR) is 89.6 cm³/mol. The van der Waals surface area contributed by atoms with E-state index in [9.17, 15) is 4.79 Å². The second-order valence-electron chi connectivity index (χ2n) is 6.73. The Kier molecular flexibility index (Phi) is 5.53. The predicted octanol–water partition coefficient (Wildman–Crippen LogP) is 2.49. The van der Waals surface area contributed by atoms with E-state index in [-0.39, 0.29) is 18.4 Å². The van der Waals surface area contributed by atoms with Gasteiger partial charge in [0.05, 0.1) is 13.2 Å². The van der Waals surface area contributed by atoms with Crippen LogP contribution in [0.15, 0.2) is 36.1 Å². The van der Waals surface area contributed by atoms with Gasteiger partial charge < -0.3 is 19.9 Å². The summed E-state index contributed by atoms with van der Waals surface area (Å²) in [6.45, 7) is 3.24. The first-order valence-corrected chi connectivity index (χ1v) is 8.61. The number of aliphatic hydroxyl groups excluding tert-OH is 1. The third kappa shape index (κ3) is 4.82. The number of ether oxygens (including phenoxy) is 2. The lowest BCUT2D eigenvalue weighted by Gasteiger charge is -2.27. The minimum atomic E-state index is -0.413.